The molecule has 2 aromatic rings. The fourth-order valence-corrected chi connectivity index (χ4v) is 4.35. The summed E-state index contributed by atoms with van der Waals surface area (Å²) in [4.78, 5) is 48.2. The number of aromatic nitrogens is 2. The number of hydrogen-bond acceptors (Lipinski definition) is 6. The maximum absolute atomic E-state index is 13.0. The van der Waals surface area contributed by atoms with E-state index in [0.29, 0.717) is 37.3 Å². The highest BCUT2D eigenvalue weighted by Gasteiger charge is 2.46. The van der Waals surface area contributed by atoms with E-state index in [9.17, 15) is 14.4 Å². The lowest BCUT2D eigenvalue weighted by atomic mass is 10.0. The molecule has 3 heterocycles. The van der Waals surface area contributed by atoms with Gasteiger partial charge in [-0.25, -0.2) is 0 Å². The SMILES string of the molecule is CC(C)CN1CCN2C(=O)[C@H](C)N(C(=O)CCc3nc(-c4ccccc4)no3)C[C@H]2C1=O. The molecule has 2 fully saturated rings. The molecule has 9 nitrogen and oxygen atoms in total. The van der Waals surface area contributed by atoms with E-state index in [1.165, 1.54) is 4.90 Å². The number of fused-ring (bicyclic) bond motifs is 1. The number of aryl methyl sites for hydroxylation is 1. The zero-order chi connectivity index (χ0) is 22.8. The molecule has 2 aliphatic heterocycles. The van der Waals surface area contributed by atoms with Gasteiger partial charge in [0.1, 0.15) is 12.1 Å². The molecule has 0 spiro atoms. The second-order valence-corrected chi connectivity index (χ2v) is 8.83. The molecule has 32 heavy (non-hydrogen) atoms. The van der Waals surface area contributed by atoms with Crippen molar-refractivity contribution >= 4 is 17.7 Å². The molecule has 0 unspecified atom stereocenters. The molecule has 2 atom stereocenters. The van der Waals surface area contributed by atoms with Gasteiger partial charge in [-0.05, 0) is 12.8 Å². The van der Waals surface area contributed by atoms with E-state index in [1.54, 1.807) is 16.7 Å². The topological polar surface area (TPSA) is 99.8 Å². The third kappa shape index (κ3) is 4.37. The summed E-state index contributed by atoms with van der Waals surface area (Å²) in [6.07, 6.45) is 0.405. The molecule has 2 aliphatic rings. The first-order chi connectivity index (χ1) is 15.3. The quantitative estimate of drug-likeness (QED) is 0.678. The highest BCUT2D eigenvalue weighted by atomic mass is 16.5. The van der Waals surface area contributed by atoms with Crippen molar-refractivity contribution in [3.8, 4) is 11.4 Å². The summed E-state index contributed by atoms with van der Waals surface area (Å²) in [6.45, 7) is 7.77. The number of rotatable bonds is 6. The Balaban J connectivity index is 1.40. The van der Waals surface area contributed by atoms with Gasteiger partial charge in [0.25, 0.3) is 0 Å². The molecule has 0 N–H and O–H groups in total. The van der Waals surface area contributed by atoms with Gasteiger partial charge in [0.15, 0.2) is 0 Å². The Morgan fingerprint density at radius 1 is 1.16 bits per heavy atom. The van der Waals surface area contributed by atoms with Crippen LogP contribution in [-0.2, 0) is 20.8 Å². The van der Waals surface area contributed by atoms with Gasteiger partial charge in [-0.3, -0.25) is 14.4 Å². The zero-order valence-corrected chi connectivity index (χ0v) is 18.7. The minimum Gasteiger partial charge on any atom is -0.339 e. The fourth-order valence-electron chi connectivity index (χ4n) is 4.35. The molecular weight excluding hydrogens is 410 g/mol. The van der Waals surface area contributed by atoms with Crippen molar-refractivity contribution in [3.05, 3.63) is 36.2 Å². The van der Waals surface area contributed by atoms with Crippen molar-refractivity contribution in [3.63, 3.8) is 0 Å². The van der Waals surface area contributed by atoms with Crippen LogP contribution < -0.4 is 0 Å². The lowest BCUT2D eigenvalue weighted by Crippen LogP contribution is -2.70. The summed E-state index contributed by atoms with van der Waals surface area (Å²) in [7, 11) is 0. The van der Waals surface area contributed by atoms with Crippen LogP contribution in [0.2, 0.25) is 0 Å². The van der Waals surface area contributed by atoms with Crippen LogP contribution in [0.25, 0.3) is 11.4 Å². The number of carbonyl (C=O) groups excluding carboxylic acids is 3. The van der Waals surface area contributed by atoms with Crippen molar-refractivity contribution < 1.29 is 18.9 Å². The van der Waals surface area contributed by atoms with Gasteiger partial charge in [-0.2, -0.15) is 4.98 Å². The van der Waals surface area contributed by atoms with E-state index < -0.39 is 12.1 Å². The van der Waals surface area contributed by atoms with Crippen molar-refractivity contribution in [2.24, 2.45) is 5.92 Å². The maximum Gasteiger partial charge on any atom is 0.247 e. The van der Waals surface area contributed by atoms with Gasteiger partial charge in [-0.1, -0.05) is 49.3 Å². The summed E-state index contributed by atoms with van der Waals surface area (Å²) in [6, 6.07) is 8.26. The molecular formula is C23H29N5O4. The van der Waals surface area contributed by atoms with Crippen molar-refractivity contribution in [2.45, 2.75) is 45.7 Å². The van der Waals surface area contributed by atoms with E-state index in [4.69, 9.17) is 4.52 Å². The maximum atomic E-state index is 13.0. The van der Waals surface area contributed by atoms with Gasteiger partial charge >= 0.3 is 0 Å². The molecule has 3 amide bonds. The van der Waals surface area contributed by atoms with Crippen LogP contribution in [0.1, 0.15) is 33.1 Å². The number of hydrogen-bond donors (Lipinski definition) is 0. The third-order valence-corrected chi connectivity index (χ3v) is 6.02. The third-order valence-electron chi connectivity index (χ3n) is 6.02. The van der Waals surface area contributed by atoms with E-state index >= 15 is 0 Å². The Bertz CT molecular complexity index is 989. The van der Waals surface area contributed by atoms with Crippen molar-refractivity contribution in [1.29, 1.82) is 0 Å². The Kier molecular flexibility index (Phi) is 6.25. The minimum atomic E-state index is -0.608. The molecule has 2 saturated heterocycles. The molecule has 0 aliphatic carbocycles. The smallest absolute Gasteiger partial charge is 0.247 e. The highest BCUT2D eigenvalue weighted by Crippen LogP contribution is 2.23. The predicted molar refractivity (Wildman–Crippen MR) is 116 cm³/mol. The summed E-state index contributed by atoms with van der Waals surface area (Å²) in [5.41, 5.74) is 0.839. The molecule has 0 saturated carbocycles. The largest absolute Gasteiger partial charge is 0.339 e. The first-order valence-corrected chi connectivity index (χ1v) is 11.1. The summed E-state index contributed by atoms with van der Waals surface area (Å²) >= 11 is 0. The van der Waals surface area contributed by atoms with Crippen molar-refractivity contribution in [2.75, 3.05) is 26.2 Å². The number of piperazine rings is 2. The Labute approximate surface area is 187 Å². The van der Waals surface area contributed by atoms with Gasteiger partial charge < -0.3 is 19.2 Å². The number of carbonyl (C=O) groups is 3. The second-order valence-electron chi connectivity index (χ2n) is 8.83. The molecule has 1 aromatic carbocycles. The van der Waals surface area contributed by atoms with Crippen LogP contribution in [0.5, 0.6) is 0 Å². The van der Waals surface area contributed by atoms with Gasteiger partial charge in [-0.15, -0.1) is 0 Å². The zero-order valence-electron chi connectivity index (χ0n) is 18.7. The van der Waals surface area contributed by atoms with Gasteiger partial charge in [0.05, 0.1) is 6.54 Å². The molecule has 1 aromatic heterocycles. The molecule has 4 rings (SSSR count). The van der Waals surface area contributed by atoms with Crippen LogP contribution in [0.4, 0.5) is 0 Å². The van der Waals surface area contributed by atoms with Crippen molar-refractivity contribution in [1.82, 2.24) is 24.8 Å². The second kappa shape index (κ2) is 9.10. The average Bonchev–Trinajstić information content (AvgIpc) is 3.26. The number of nitrogens with zero attached hydrogens (tertiary/aromatic N) is 5. The van der Waals surface area contributed by atoms with Gasteiger partial charge in [0, 0.05) is 38.0 Å². The Hall–Kier alpha value is -3.23. The Morgan fingerprint density at radius 2 is 1.91 bits per heavy atom. The van der Waals surface area contributed by atoms with Gasteiger partial charge in [0.2, 0.25) is 29.4 Å². The lowest BCUT2D eigenvalue weighted by Gasteiger charge is -2.48. The molecule has 9 heteroatoms. The first-order valence-electron chi connectivity index (χ1n) is 11.1. The minimum absolute atomic E-state index is 0.0765. The van der Waals surface area contributed by atoms with Crippen LogP contribution in [0, 0.1) is 5.92 Å². The normalized spacial score (nSPS) is 21.3. The van der Waals surface area contributed by atoms with E-state index in [1.807, 2.05) is 30.3 Å². The summed E-state index contributed by atoms with van der Waals surface area (Å²) < 4.78 is 5.29. The Morgan fingerprint density at radius 3 is 2.62 bits per heavy atom. The fraction of sp³-hybridized carbons (Fsp3) is 0.522. The molecule has 0 radical (unpaired) electrons. The van der Waals surface area contributed by atoms with E-state index in [2.05, 4.69) is 24.0 Å². The highest BCUT2D eigenvalue weighted by molar-refractivity contribution is 5.95. The summed E-state index contributed by atoms with van der Waals surface area (Å²) in [5.74, 6) is 0.744. The predicted octanol–water partition coefficient (Wildman–Crippen LogP) is 1.60. The number of benzene rings is 1. The average molecular weight is 440 g/mol. The lowest BCUT2D eigenvalue weighted by molar-refractivity contribution is -0.165. The van der Waals surface area contributed by atoms with Crippen LogP contribution in [0.3, 0.4) is 0 Å². The monoisotopic (exact) mass is 439 g/mol. The molecule has 170 valence electrons. The standard InChI is InChI=1S/C23H29N5O4/c1-15(2)13-26-11-12-27-18(23(26)31)14-28(16(3)22(27)30)20(29)10-9-19-24-21(25-32-19)17-7-5-4-6-8-17/h4-8,15-16,18H,9-14H2,1-3H3/t16-,18-/m0/s1. The van der Waals surface area contributed by atoms with E-state index in [-0.39, 0.29) is 37.1 Å². The van der Waals surface area contributed by atoms with Crippen LogP contribution in [-0.4, -0.2) is 80.8 Å². The molecule has 0 bridgehead atoms. The summed E-state index contributed by atoms with van der Waals surface area (Å²) in [5, 5.41) is 3.98. The van der Waals surface area contributed by atoms with Crippen LogP contribution >= 0.6 is 0 Å². The van der Waals surface area contributed by atoms with E-state index in [0.717, 1.165) is 5.56 Å². The van der Waals surface area contributed by atoms with Crippen LogP contribution in [0.15, 0.2) is 34.9 Å². The number of amides is 3. The first kappa shape index (κ1) is 22.0.